The SMILES string of the molecule is Cc1cnc(N[C@H]2CCN(C(=O)c3ccc([C@]4(C(C)C)NC(=O)NC4=O)cc3)C2)c(C)c1. The fourth-order valence-corrected chi connectivity index (χ4v) is 4.59. The van der Waals surface area contributed by atoms with Crippen LogP contribution in [-0.4, -0.2) is 46.9 Å². The van der Waals surface area contributed by atoms with Gasteiger partial charge in [-0.25, -0.2) is 9.78 Å². The molecule has 2 aromatic rings. The molecule has 8 nitrogen and oxygen atoms in total. The molecule has 1 aromatic heterocycles. The molecule has 168 valence electrons. The van der Waals surface area contributed by atoms with Gasteiger partial charge < -0.3 is 15.5 Å². The molecule has 0 saturated carbocycles. The summed E-state index contributed by atoms with van der Waals surface area (Å²) in [7, 11) is 0. The Morgan fingerprint density at radius 1 is 1.22 bits per heavy atom. The monoisotopic (exact) mass is 435 g/mol. The van der Waals surface area contributed by atoms with Crippen LogP contribution in [0.2, 0.25) is 0 Å². The molecule has 0 spiro atoms. The van der Waals surface area contributed by atoms with Gasteiger partial charge in [0.05, 0.1) is 0 Å². The molecular formula is C24H29N5O3. The van der Waals surface area contributed by atoms with E-state index in [9.17, 15) is 14.4 Å². The Labute approximate surface area is 187 Å². The number of amides is 4. The maximum absolute atomic E-state index is 13.1. The van der Waals surface area contributed by atoms with Crippen LogP contribution < -0.4 is 16.0 Å². The first-order chi connectivity index (χ1) is 15.2. The van der Waals surface area contributed by atoms with Crippen LogP contribution in [0.4, 0.5) is 10.6 Å². The molecule has 2 fully saturated rings. The number of anilines is 1. The second kappa shape index (κ2) is 8.26. The molecule has 4 amide bonds. The number of carbonyl (C=O) groups excluding carboxylic acids is 3. The molecule has 2 atom stereocenters. The Morgan fingerprint density at radius 3 is 2.53 bits per heavy atom. The average molecular weight is 436 g/mol. The molecule has 2 aliphatic rings. The Hall–Kier alpha value is -3.42. The summed E-state index contributed by atoms with van der Waals surface area (Å²) >= 11 is 0. The maximum Gasteiger partial charge on any atom is 0.322 e. The summed E-state index contributed by atoms with van der Waals surface area (Å²) in [6.07, 6.45) is 2.69. The van der Waals surface area contributed by atoms with Gasteiger partial charge in [-0.15, -0.1) is 0 Å². The van der Waals surface area contributed by atoms with E-state index in [1.54, 1.807) is 24.3 Å². The zero-order valence-corrected chi connectivity index (χ0v) is 18.9. The maximum atomic E-state index is 13.1. The summed E-state index contributed by atoms with van der Waals surface area (Å²) in [5.74, 6) is 0.285. The van der Waals surface area contributed by atoms with Gasteiger partial charge in [-0.2, -0.15) is 0 Å². The quantitative estimate of drug-likeness (QED) is 0.627. The van der Waals surface area contributed by atoms with E-state index >= 15 is 0 Å². The molecule has 3 heterocycles. The van der Waals surface area contributed by atoms with Gasteiger partial charge in [0, 0.05) is 30.9 Å². The van der Waals surface area contributed by atoms with E-state index in [0.29, 0.717) is 24.2 Å². The number of nitrogens with one attached hydrogen (secondary N) is 3. The van der Waals surface area contributed by atoms with E-state index in [4.69, 9.17) is 0 Å². The normalized spacial score (nSPS) is 22.8. The standard InChI is InChI=1S/C24H29N5O3/c1-14(2)24(22(31)27-23(32)28-24)18-7-5-17(6-8-18)21(30)29-10-9-19(13-29)26-20-16(4)11-15(3)12-25-20/h5-8,11-12,14,19H,9-10,13H2,1-4H3,(H,25,26)(H2,27,28,31,32)/t19-,24-/m0/s1. The summed E-state index contributed by atoms with van der Waals surface area (Å²) in [5, 5.41) is 8.55. The molecule has 4 rings (SSSR count). The van der Waals surface area contributed by atoms with Gasteiger partial charge in [-0.1, -0.05) is 32.0 Å². The van der Waals surface area contributed by atoms with E-state index in [1.807, 2.05) is 38.8 Å². The van der Waals surface area contributed by atoms with Crippen LogP contribution in [0, 0.1) is 19.8 Å². The van der Waals surface area contributed by atoms with Crippen LogP contribution >= 0.6 is 0 Å². The highest BCUT2D eigenvalue weighted by molar-refractivity contribution is 6.07. The number of pyridine rings is 1. The van der Waals surface area contributed by atoms with Crippen LogP contribution in [0.25, 0.3) is 0 Å². The van der Waals surface area contributed by atoms with E-state index < -0.39 is 11.6 Å². The van der Waals surface area contributed by atoms with E-state index in [0.717, 1.165) is 23.4 Å². The van der Waals surface area contributed by atoms with Gasteiger partial charge in [0.1, 0.15) is 11.4 Å². The second-order valence-electron chi connectivity index (χ2n) is 9.01. The molecule has 1 aromatic carbocycles. The number of hydrogen-bond donors (Lipinski definition) is 3. The number of urea groups is 1. The summed E-state index contributed by atoms with van der Waals surface area (Å²) in [6, 6.07) is 8.70. The number of imide groups is 1. The van der Waals surface area contributed by atoms with Crippen molar-refractivity contribution in [2.24, 2.45) is 5.92 Å². The Kier molecular flexibility index (Phi) is 5.62. The number of rotatable bonds is 5. The lowest BCUT2D eigenvalue weighted by Crippen LogP contribution is -2.48. The molecule has 3 N–H and O–H groups in total. The minimum absolute atomic E-state index is 0.0482. The lowest BCUT2D eigenvalue weighted by molar-refractivity contribution is -0.125. The smallest absolute Gasteiger partial charge is 0.322 e. The predicted molar refractivity (Wildman–Crippen MR) is 121 cm³/mol. The topological polar surface area (TPSA) is 103 Å². The zero-order valence-electron chi connectivity index (χ0n) is 18.9. The summed E-state index contributed by atoms with van der Waals surface area (Å²) in [4.78, 5) is 43.7. The largest absolute Gasteiger partial charge is 0.365 e. The van der Waals surface area contributed by atoms with Crippen molar-refractivity contribution in [1.29, 1.82) is 0 Å². The van der Waals surface area contributed by atoms with Gasteiger partial charge in [-0.05, 0) is 55.0 Å². The number of aromatic nitrogens is 1. The fourth-order valence-electron chi connectivity index (χ4n) is 4.59. The van der Waals surface area contributed by atoms with Crippen molar-refractivity contribution < 1.29 is 14.4 Å². The number of likely N-dealkylation sites (tertiary alicyclic amines) is 1. The van der Waals surface area contributed by atoms with Gasteiger partial charge >= 0.3 is 6.03 Å². The zero-order chi connectivity index (χ0) is 23.0. The molecule has 32 heavy (non-hydrogen) atoms. The molecule has 0 radical (unpaired) electrons. The van der Waals surface area contributed by atoms with Gasteiger partial charge in [0.15, 0.2) is 0 Å². The second-order valence-corrected chi connectivity index (χ2v) is 9.01. The molecule has 2 aliphatic heterocycles. The Morgan fingerprint density at radius 2 is 1.94 bits per heavy atom. The fraction of sp³-hybridized carbons (Fsp3) is 0.417. The first-order valence-corrected chi connectivity index (χ1v) is 10.9. The predicted octanol–water partition coefficient (Wildman–Crippen LogP) is 2.72. The van der Waals surface area contributed by atoms with Crippen molar-refractivity contribution >= 4 is 23.7 Å². The van der Waals surface area contributed by atoms with E-state index in [-0.39, 0.29) is 23.8 Å². The van der Waals surface area contributed by atoms with Crippen LogP contribution in [-0.2, 0) is 10.3 Å². The molecule has 0 unspecified atom stereocenters. The third kappa shape index (κ3) is 3.81. The minimum atomic E-state index is -1.12. The summed E-state index contributed by atoms with van der Waals surface area (Å²) in [6.45, 7) is 9.07. The molecule has 0 bridgehead atoms. The molecule has 0 aliphatic carbocycles. The Bertz CT molecular complexity index is 1070. The van der Waals surface area contributed by atoms with Crippen molar-refractivity contribution in [1.82, 2.24) is 20.5 Å². The number of nitrogens with zero attached hydrogens (tertiary/aromatic N) is 2. The van der Waals surface area contributed by atoms with Crippen LogP contribution in [0.15, 0.2) is 36.5 Å². The number of aryl methyl sites for hydroxylation is 2. The van der Waals surface area contributed by atoms with Crippen LogP contribution in [0.1, 0.15) is 47.3 Å². The first kappa shape index (κ1) is 21.8. The highest BCUT2D eigenvalue weighted by Gasteiger charge is 2.50. The van der Waals surface area contributed by atoms with Crippen molar-refractivity contribution in [2.75, 3.05) is 18.4 Å². The third-order valence-electron chi connectivity index (χ3n) is 6.38. The lowest BCUT2D eigenvalue weighted by Gasteiger charge is -2.30. The highest BCUT2D eigenvalue weighted by Crippen LogP contribution is 2.33. The van der Waals surface area contributed by atoms with Crippen molar-refractivity contribution in [3.05, 3.63) is 58.8 Å². The number of carbonyl (C=O) groups is 3. The van der Waals surface area contributed by atoms with E-state index in [2.05, 4.69) is 27.0 Å². The first-order valence-electron chi connectivity index (χ1n) is 10.9. The lowest BCUT2D eigenvalue weighted by atomic mass is 9.79. The van der Waals surface area contributed by atoms with Gasteiger partial charge in [0.2, 0.25) is 0 Å². The van der Waals surface area contributed by atoms with Crippen molar-refractivity contribution in [3.63, 3.8) is 0 Å². The molecule has 2 saturated heterocycles. The van der Waals surface area contributed by atoms with E-state index in [1.165, 1.54) is 0 Å². The van der Waals surface area contributed by atoms with Crippen LogP contribution in [0.5, 0.6) is 0 Å². The minimum Gasteiger partial charge on any atom is -0.365 e. The van der Waals surface area contributed by atoms with Gasteiger partial charge in [-0.3, -0.25) is 14.9 Å². The molecule has 8 heteroatoms. The number of hydrogen-bond acceptors (Lipinski definition) is 5. The summed E-state index contributed by atoms with van der Waals surface area (Å²) in [5.41, 5.74) is 2.30. The summed E-state index contributed by atoms with van der Waals surface area (Å²) < 4.78 is 0. The number of benzene rings is 1. The third-order valence-corrected chi connectivity index (χ3v) is 6.38. The molecular weight excluding hydrogens is 406 g/mol. The Balaban J connectivity index is 1.45. The van der Waals surface area contributed by atoms with Gasteiger partial charge in [0.25, 0.3) is 11.8 Å². The highest BCUT2D eigenvalue weighted by atomic mass is 16.2. The average Bonchev–Trinajstić information content (AvgIpc) is 3.34. The van der Waals surface area contributed by atoms with Crippen molar-refractivity contribution in [3.8, 4) is 0 Å². The van der Waals surface area contributed by atoms with Crippen molar-refractivity contribution in [2.45, 2.75) is 45.7 Å². The van der Waals surface area contributed by atoms with Crippen LogP contribution in [0.3, 0.4) is 0 Å².